The second-order valence-corrected chi connectivity index (χ2v) is 6.71. The Bertz CT molecular complexity index is 631. The molecule has 5 nitrogen and oxygen atoms in total. The van der Waals surface area contributed by atoms with Gasteiger partial charge in [-0.25, -0.2) is 9.18 Å². The number of cyclic esters (lactones) is 1. The number of nitrogens with zero attached hydrogens (tertiary/aromatic N) is 1. The van der Waals surface area contributed by atoms with Gasteiger partial charge in [0.15, 0.2) is 0 Å². The van der Waals surface area contributed by atoms with Crippen LogP contribution in [0.4, 0.5) is 14.9 Å². The summed E-state index contributed by atoms with van der Waals surface area (Å²) in [4.78, 5) is 12.7. The number of anilines is 1. The molecule has 0 atom stereocenters. The maximum absolute atomic E-state index is 14.4. The van der Waals surface area contributed by atoms with Crippen LogP contribution >= 0.6 is 0 Å². The molecule has 2 aliphatic heterocycles. The molecule has 0 saturated carbocycles. The summed E-state index contributed by atoms with van der Waals surface area (Å²) in [5.41, 5.74) is 0.449. The van der Waals surface area contributed by atoms with Crippen molar-refractivity contribution in [2.75, 3.05) is 11.9 Å². The minimum atomic E-state index is -0.646. The van der Waals surface area contributed by atoms with Gasteiger partial charge >= 0.3 is 13.2 Å². The van der Waals surface area contributed by atoms with Gasteiger partial charge in [0, 0.05) is 12.6 Å². The third kappa shape index (κ3) is 2.19. The van der Waals surface area contributed by atoms with E-state index in [0.29, 0.717) is 11.0 Å². The third-order valence-corrected chi connectivity index (χ3v) is 4.65. The van der Waals surface area contributed by atoms with Crippen LogP contribution in [0.25, 0.3) is 0 Å². The molecule has 1 aromatic carbocycles. The van der Waals surface area contributed by atoms with Crippen LogP contribution in [0.15, 0.2) is 12.1 Å². The molecule has 118 valence electrons. The summed E-state index contributed by atoms with van der Waals surface area (Å²) in [5, 5.41) is 0. The van der Waals surface area contributed by atoms with E-state index in [2.05, 4.69) is 0 Å². The van der Waals surface area contributed by atoms with Gasteiger partial charge in [-0.15, -0.1) is 0 Å². The fourth-order valence-corrected chi connectivity index (χ4v) is 2.61. The minimum Gasteiger partial charge on any atom is -0.444 e. The van der Waals surface area contributed by atoms with Gasteiger partial charge in [0.2, 0.25) is 0 Å². The molecular weight excluding hydrogens is 288 g/mol. The van der Waals surface area contributed by atoms with E-state index in [0.717, 1.165) is 0 Å². The van der Waals surface area contributed by atoms with Gasteiger partial charge in [0.25, 0.3) is 0 Å². The molecule has 22 heavy (non-hydrogen) atoms. The van der Waals surface area contributed by atoms with Gasteiger partial charge in [-0.05, 0) is 39.2 Å². The Balaban J connectivity index is 1.98. The molecule has 0 bridgehead atoms. The molecule has 2 aliphatic rings. The van der Waals surface area contributed by atoms with Gasteiger partial charge in [-0.3, -0.25) is 4.90 Å². The molecule has 1 amide bonds. The SMILES string of the molecule is CN1C(=O)OCc2cc(B3OC(C)(C)C(C)(C)O3)cc(F)c21. The Kier molecular flexibility index (Phi) is 3.27. The lowest BCUT2D eigenvalue weighted by Crippen LogP contribution is -2.41. The van der Waals surface area contributed by atoms with E-state index in [1.165, 1.54) is 18.0 Å². The van der Waals surface area contributed by atoms with E-state index >= 15 is 0 Å². The Hall–Kier alpha value is -1.60. The summed E-state index contributed by atoms with van der Waals surface area (Å²) < 4.78 is 31.3. The minimum absolute atomic E-state index is 0.0444. The number of hydrogen-bond acceptors (Lipinski definition) is 4. The van der Waals surface area contributed by atoms with Gasteiger partial charge < -0.3 is 14.0 Å². The van der Waals surface area contributed by atoms with E-state index in [-0.39, 0.29) is 12.3 Å². The quantitative estimate of drug-likeness (QED) is 0.746. The third-order valence-electron chi connectivity index (χ3n) is 4.65. The molecule has 0 unspecified atom stereocenters. The number of hydrogen-bond donors (Lipinski definition) is 0. The highest BCUT2D eigenvalue weighted by molar-refractivity contribution is 6.62. The molecule has 0 spiro atoms. The van der Waals surface area contributed by atoms with E-state index in [4.69, 9.17) is 14.0 Å². The number of carbonyl (C=O) groups excluding carboxylic acids is 1. The lowest BCUT2D eigenvalue weighted by molar-refractivity contribution is 0.00578. The second-order valence-electron chi connectivity index (χ2n) is 6.71. The highest BCUT2D eigenvalue weighted by atomic mass is 19.1. The lowest BCUT2D eigenvalue weighted by Gasteiger charge is -2.32. The number of benzene rings is 1. The molecule has 1 aromatic rings. The summed E-state index contributed by atoms with van der Waals surface area (Å²) in [6.07, 6.45) is -0.560. The van der Waals surface area contributed by atoms with Crippen LogP contribution < -0.4 is 10.4 Å². The molecule has 0 radical (unpaired) electrons. The standard InChI is InChI=1S/C15H19BFNO4/c1-14(2)15(3,4)22-16(21-14)10-6-9-8-20-13(19)18(5)12(9)11(17)7-10/h6-7H,8H2,1-5H3. The monoisotopic (exact) mass is 307 g/mol. The smallest absolute Gasteiger partial charge is 0.444 e. The fraction of sp³-hybridized carbons (Fsp3) is 0.533. The highest BCUT2D eigenvalue weighted by Crippen LogP contribution is 2.37. The van der Waals surface area contributed by atoms with Crippen LogP contribution in [0.2, 0.25) is 0 Å². The normalized spacial score (nSPS) is 22.5. The van der Waals surface area contributed by atoms with E-state index < -0.39 is 30.2 Å². The molecule has 2 heterocycles. The van der Waals surface area contributed by atoms with Crippen LogP contribution in [0.3, 0.4) is 0 Å². The van der Waals surface area contributed by atoms with E-state index in [9.17, 15) is 9.18 Å². The van der Waals surface area contributed by atoms with E-state index in [1.807, 2.05) is 27.7 Å². The first-order valence-corrected chi connectivity index (χ1v) is 7.21. The fourth-order valence-electron chi connectivity index (χ4n) is 2.61. The van der Waals surface area contributed by atoms with Gasteiger partial charge in [0.05, 0.1) is 16.9 Å². The van der Waals surface area contributed by atoms with Crippen molar-refractivity contribution < 1.29 is 23.2 Å². The Morgan fingerprint density at radius 3 is 2.36 bits per heavy atom. The van der Waals surface area contributed by atoms with Gasteiger partial charge in [-0.2, -0.15) is 0 Å². The molecule has 3 rings (SSSR count). The van der Waals surface area contributed by atoms with Crippen molar-refractivity contribution in [1.82, 2.24) is 0 Å². The maximum Gasteiger partial charge on any atom is 0.494 e. The van der Waals surface area contributed by atoms with Crippen molar-refractivity contribution in [2.24, 2.45) is 0 Å². The van der Waals surface area contributed by atoms with Crippen molar-refractivity contribution in [2.45, 2.75) is 45.5 Å². The Morgan fingerprint density at radius 2 is 1.77 bits per heavy atom. The zero-order valence-electron chi connectivity index (χ0n) is 13.4. The molecule has 1 saturated heterocycles. The first-order valence-electron chi connectivity index (χ1n) is 7.21. The molecule has 1 fully saturated rings. The molecule has 7 heteroatoms. The van der Waals surface area contributed by atoms with Gasteiger partial charge in [-0.1, -0.05) is 6.07 Å². The van der Waals surface area contributed by atoms with E-state index in [1.54, 1.807) is 6.07 Å². The number of fused-ring (bicyclic) bond motifs is 1. The predicted molar refractivity (Wildman–Crippen MR) is 80.7 cm³/mol. The predicted octanol–water partition coefficient (Wildman–Crippen LogP) is 2.21. The zero-order valence-corrected chi connectivity index (χ0v) is 13.4. The van der Waals surface area contributed by atoms with Crippen molar-refractivity contribution in [3.63, 3.8) is 0 Å². The van der Waals surface area contributed by atoms with Crippen LogP contribution in [-0.4, -0.2) is 31.5 Å². The largest absolute Gasteiger partial charge is 0.494 e. The van der Waals surface area contributed by atoms with Gasteiger partial charge in [0.1, 0.15) is 12.4 Å². The summed E-state index contributed by atoms with van der Waals surface area (Å²) >= 11 is 0. The molecule has 0 N–H and O–H groups in total. The summed E-state index contributed by atoms with van der Waals surface area (Å²) in [6, 6.07) is 3.12. The Labute approximate surface area is 129 Å². The van der Waals surface area contributed by atoms with Crippen LogP contribution in [-0.2, 0) is 20.7 Å². The van der Waals surface area contributed by atoms with Crippen LogP contribution in [0.1, 0.15) is 33.3 Å². The maximum atomic E-state index is 14.4. The number of ether oxygens (including phenoxy) is 1. The molecule has 0 aliphatic carbocycles. The number of halogens is 1. The first-order chi connectivity index (χ1) is 10.1. The number of carbonyl (C=O) groups is 1. The average molecular weight is 307 g/mol. The summed E-state index contributed by atoms with van der Waals surface area (Å²) in [6.45, 7) is 7.81. The number of amides is 1. The van der Waals surface area contributed by atoms with Crippen molar-refractivity contribution in [3.05, 3.63) is 23.5 Å². The zero-order chi connectivity index (χ0) is 16.3. The second kappa shape index (κ2) is 4.70. The summed E-state index contributed by atoms with van der Waals surface area (Å²) in [5.74, 6) is -0.485. The summed E-state index contributed by atoms with van der Waals surface area (Å²) in [7, 11) is 0.838. The van der Waals surface area contributed by atoms with Crippen molar-refractivity contribution >= 4 is 24.4 Å². The van der Waals surface area contributed by atoms with Crippen molar-refractivity contribution in [3.8, 4) is 0 Å². The average Bonchev–Trinajstić information content (AvgIpc) is 2.62. The highest BCUT2D eigenvalue weighted by Gasteiger charge is 2.52. The lowest BCUT2D eigenvalue weighted by atomic mass is 9.78. The number of rotatable bonds is 1. The van der Waals surface area contributed by atoms with Crippen molar-refractivity contribution in [1.29, 1.82) is 0 Å². The van der Waals surface area contributed by atoms with Crippen LogP contribution in [0.5, 0.6) is 0 Å². The molecule has 0 aromatic heterocycles. The van der Waals surface area contributed by atoms with Crippen LogP contribution in [0, 0.1) is 5.82 Å². The topological polar surface area (TPSA) is 48.0 Å². The first kappa shape index (κ1) is 15.3. The Morgan fingerprint density at radius 1 is 1.18 bits per heavy atom. The molecular formula is C15H19BFNO4.